The van der Waals surface area contributed by atoms with Crippen LogP contribution < -0.4 is 5.32 Å². The molecule has 0 aliphatic rings. The molecule has 0 unspecified atom stereocenters. The number of nitrogens with one attached hydrogen (secondary N) is 2. The number of H-pyrrole nitrogens is 1. The number of nitrogens with zero attached hydrogens (tertiary/aromatic N) is 3. The van der Waals surface area contributed by atoms with E-state index in [4.69, 9.17) is 4.52 Å². The smallest absolute Gasteiger partial charge is 0.316 e. The van der Waals surface area contributed by atoms with E-state index < -0.39 is 5.91 Å². The molecule has 0 bridgehead atoms. The largest absolute Gasteiger partial charge is 0.361 e. The SMILES string of the molecule is O=C(NCc1ccccn1)c1nc(-c2ccc3cc[nH]c3c2)no1. The van der Waals surface area contributed by atoms with Crippen molar-refractivity contribution in [1.82, 2.24) is 25.4 Å². The average molecular weight is 319 g/mol. The first-order valence-electron chi connectivity index (χ1n) is 7.39. The fourth-order valence-electron chi connectivity index (χ4n) is 2.37. The van der Waals surface area contributed by atoms with Crippen LogP contribution >= 0.6 is 0 Å². The Labute approximate surface area is 136 Å². The van der Waals surface area contributed by atoms with Crippen molar-refractivity contribution in [2.45, 2.75) is 6.54 Å². The van der Waals surface area contributed by atoms with E-state index in [9.17, 15) is 4.79 Å². The summed E-state index contributed by atoms with van der Waals surface area (Å²) in [5, 5.41) is 7.67. The lowest BCUT2D eigenvalue weighted by Gasteiger charge is -2.00. The topological polar surface area (TPSA) is 96.7 Å². The molecule has 4 aromatic rings. The lowest BCUT2D eigenvalue weighted by molar-refractivity contribution is 0.0906. The number of carbonyl (C=O) groups excluding carboxylic acids is 1. The van der Waals surface area contributed by atoms with Gasteiger partial charge < -0.3 is 14.8 Å². The van der Waals surface area contributed by atoms with Gasteiger partial charge in [-0.05, 0) is 29.7 Å². The van der Waals surface area contributed by atoms with Gasteiger partial charge in [0.2, 0.25) is 5.82 Å². The van der Waals surface area contributed by atoms with E-state index in [0.29, 0.717) is 12.4 Å². The van der Waals surface area contributed by atoms with Crippen molar-refractivity contribution in [3.05, 3.63) is 66.4 Å². The third-order valence-corrected chi connectivity index (χ3v) is 3.59. The molecule has 1 amide bonds. The normalized spacial score (nSPS) is 10.8. The highest BCUT2D eigenvalue weighted by atomic mass is 16.5. The summed E-state index contributed by atoms with van der Waals surface area (Å²) in [4.78, 5) is 23.5. The van der Waals surface area contributed by atoms with Crippen molar-refractivity contribution in [2.75, 3.05) is 0 Å². The number of amides is 1. The molecule has 7 nitrogen and oxygen atoms in total. The molecule has 0 aliphatic heterocycles. The van der Waals surface area contributed by atoms with Gasteiger partial charge >= 0.3 is 11.8 Å². The Bertz CT molecular complexity index is 990. The Balaban J connectivity index is 1.50. The van der Waals surface area contributed by atoms with Crippen LogP contribution in [0, 0.1) is 0 Å². The quantitative estimate of drug-likeness (QED) is 0.602. The van der Waals surface area contributed by atoms with Gasteiger partial charge in [-0.25, -0.2) is 0 Å². The third kappa shape index (κ3) is 2.74. The van der Waals surface area contributed by atoms with Crippen LogP contribution in [0.4, 0.5) is 0 Å². The Morgan fingerprint density at radius 2 is 2.17 bits per heavy atom. The number of rotatable bonds is 4. The van der Waals surface area contributed by atoms with E-state index in [2.05, 4.69) is 25.4 Å². The Morgan fingerprint density at radius 1 is 1.21 bits per heavy atom. The number of hydrogen-bond donors (Lipinski definition) is 2. The van der Waals surface area contributed by atoms with Crippen LogP contribution in [0.25, 0.3) is 22.3 Å². The molecule has 1 aromatic carbocycles. The standard InChI is InChI=1S/C17H13N5O2/c23-16(20-10-13-3-1-2-7-18-13)17-21-15(22-24-17)12-5-4-11-6-8-19-14(11)9-12/h1-9,19H,10H2,(H,20,23). The first-order valence-corrected chi connectivity index (χ1v) is 7.39. The van der Waals surface area contributed by atoms with Gasteiger partial charge in [0.1, 0.15) is 0 Å². The summed E-state index contributed by atoms with van der Waals surface area (Å²) >= 11 is 0. The molecule has 3 aromatic heterocycles. The maximum atomic E-state index is 12.1. The van der Waals surface area contributed by atoms with Crippen LogP contribution in [-0.4, -0.2) is 26.0 Å². The molecular formula is C17H13N5O2. The Kier molecular flexibility index (Phi) is 3.51. The van der Waals surface area contributed by atoms with E-state index in [1.807, 2.05) is 48.7 Å². The summed E-state index contributed by atoms with van der Waals surface area (Å²) in [5.41, 5.74) is 2.50. The molecule has 0 atom stereocenters. The van der Waals surface area contributed by atoms with Crippen molar-refractivity contribution in [3.8, 4) is 11.4 Å². The summed E-state index contributed by atoms with van der Waals surface area (Å²) in [6, 6.07) is 13.2. The number of hydrogen-bond acceptors (Lipinski definition) is 5. The van der Waals surface area contributed by atoms with Crippen LogP contribution in [0.3, 0.4) is 0 Å². The molecule has 0 spiro atoms. The van der Waals surface area contributed by atoms with E-state index in [-0.39, 0.29) is 5.89 Å². The van der Waals surface area contributed by atoms with Gasteiger partial charge in [0.15, 0.2) is 0 Å². The predicted molar refractivity (Wildman–Crippen MR) is 87.0 cm³/mol. The van der Waals surface area contributed by atoms with Crippen LogP contribution in [-0.2, 0) is 6.54 Å². The lowest BCUT2D eigenvalue weighted by atomic mass is 10.1. The molecule has 2 N–H and O–H groups in total. The number of fused-ring (bicyclic) bond motifs is 1. The van der Waals surface area contributed by atoms with Gasteiger partial charge in [-0.2, -0.15) is 4.98 Å². The summed E-state index contributed by atoms with van der Waals surface area (Å²) in [5.74, 6) is -0.137. The number of benzene rings is 1. The monoisotopic (exact) mass is 319 g/mol. The number of pyridine rings is 1. The molecule has 118 valence electrons. The maximum absolute atomic E-state index is 12.1. The molecule has 0 radical (unpaired) electrons. The van der Waals surface area contributed by atoms with Gasteiger partial charge in [-0.3, -0.25) is 9.78 Å². The molecular weight excluding hydrogens is 306 g/mol. The minimum absolute atomic E-state index is 0.0764. The number of aromatic nitrogens is 4. The van der Waals surface area contributed by atoms with Crippen molar-refractivity contribution in [1.29, 1.82) is 0 Å². The fraction of sp³-hybridized carbons (Fsp3) is 0.0588. The highest BCUT2D eigenvalue weighted by Gasteiger charge is 2.16. The first kappa shape index (κ1) is 14.1. The van der Waals surface area contributed by atoms with Crippen molar-refractivity contribution in [2.24, 2.45) is 0 Å². The van der Waals surface area contributed by atoms with E-state index >= 15 is 0 Å². The predicted octanol–water partition coefficient (Wildman–Crippen LogP) is 2.54. The summed E-state index contributed by atoms with van der Waals surface area (Å²) in [7, 11) is 0. The third-order valence-electron chi connectivity index (χ3n) is 3.59. The molecule has 0 saturated carbocycles. The zero-order chi connectivity index (χ0) is 16.4. The fourth-order valence-corrected chi connectivity index (χ4v) is 2.37. The molecule has 3 heterocycles. The van der Waals surface area contributed by atoms with Gasteiger partial charge in [0.25, 0.3) is 0 Å². The van der Waals surface area contributed by atoms with Crippen LogP contribution in [0.5, 0.6) is 0 Å². The van der Waals surface area contributed by atoms with E-state index in [0.717, 1.165) is 22.2 Å². The van der Waals surface area contributed by atoms with Gasteiger partial charge in [-0.1, -0.05) is 23.4 Å². The number of carbonyl (C=O) groups is 1. The summed E-state index contributed by atoms with van der Waals surface area (Å²) in [6.07, 6.45) is 3.53. The molecule has 24 heavy (non-hydrogen) atoms. The van der Waals surface area contributed by atoms with Crippen LogP contribution in [0.1, 0.15) is 16.4 Å². The highest BCUT2D eigenvalue weighted by Crippen LogP contribution is 2.21. The molecule has 0 fully saturated rings. The summed E-state index contributed by atoms with van der Waals surface area (Å²) < 4.78 is 5.06. The minimum Gasteiger partial charge on any atom is -0.361 e. The zero-order valence-electron chi connectivity index (χ0n) is 12.6. The van der Waals surface area contributed by atoms with Gasteiger partial charge in [0.05, 0.1) is 12.2 Å². The second-order valence-corrected chi connectivity index (χ2v) is 5.21. The second kappa shape index (κ2) is 5.96. The van der Waals surface area contributed by atoms with E-state index in [1.54, 1.807) is 6.20 Å². The van der Waals surface area contributed by atoms with E-state index in [1.165, 1.54) is 0 Å². The molecule has 4 rings (SSSR count). The summed E-state index contributed by atoms with van der Waals surface area (Å²) in [6.45, 7) is 0.297. The zero-order valence-corrected chi connectivity index (χ0v) is 12.6. The molecule has 0 aliphatic carbocycles. The van der Waals surface area contributed by atoms with Gasteiger partial charge in [-0.15, -0.1) is 0 Å². The van der Waals surface area contributed by atoms with Crippen molar-refractivity contribution in [3.63, 3.8) is 0 Å². The highest BCUT2D eigenvalue weighted by molar-refractivity contribution is 5.90. The second-order valence-electron chi connectivity index (χ2n) is 5.21. The van der Waals surface area contributed by atoms with Crippen LogP contribution in [0.15, 0.2) is 59.4 Å². The van der Waals surface area contributed by atoms with Crippen LogP contribution in [0.2, 0.25) is 0 Å². The Hall–Kier alpha value is -3.48. The van der Waals surface area contributed by atoms with Crippen molar-refractivity contribution < 1.29 is 9.32 Å². The first-order chi connectivity index (χ1) is 11.8. The average Bonchev–Trinajstić information content (AvgIpc) is 3.29. The molecule has 0 saturated heterocycles. The maximum Gasteiger partial charge on any atom is 0.316 e. The molecule has 7 heteroatoms. The Morgan fingerprint density at radius 3 is 3.04 bits per heavy atom. The van der Waals surface area contributed by atoms with Crippen molar-refractivity contribution >= 4 is 16.8 Å². The minimum atomic E-state index is -0.430. The number of aromatic amines is 1. The lowest BCUT2D eigenvalue weighted by Crippen LogP contribution is -2.23. The van der Waals surface area contributed by atoms with Gasteiger partial charge in [0, 0.05) is 23.5 Å².